The normalized spacial score (nSPS) is 18.4. The quantitative estimate of drug-likeness (QED) is 0.778. The minimum atomic E-state index is -0.502. The van der Waals surface area contributed by atoms with Crippen molar-refractivity contribution in [2.75, 3.05) is 26.2 Å². The average molecular weight is 276 g/mol. The van der Waals surface area contributed by atoms with Crippen LogP contribution in [0.4, 0.5) is 4.39 Å². The van der Waals surface area contributed by atoms with E-state index in [4.69, 9.17) is 10.5 Å². The Hall–Kier alpha value is -1.90. The van der Waals surface area contributed by atoms with Crippen LogP contribution in [0.2, 0.25) is 0 Å². The number of nitrogens with zero attached hydrogens (tertiary/aromatic N) is 1. The zero-order chi connectivity index (χ0) is 14.5. The van der Waals surface area contributed by atoms with Gasteiger partial charge in [-0.15, -0.1) is 0 Å². The van der Waals surface area contributed by atoms with E-state index in [1.165, 1.54) is 12.1 Å². The van der Waals surface area contributed by atoms with E-state index >= 15 is 0 Å². The lowest BCUT2D eigenvalue weighted by Gasteiger charge is -2.31. The van der Waals surface area contributed by atoms with Crippen LogP contribution in [-0.2, 0) is 4.74 Å². The number of amides is 1. The number of carbonyl (C=O) groups excluding carboxylic acids is 1. The van der Waals surface area contributed by atoms with Crippen LogP contribution < -0.4 is 5.73 Å². The molecule has 1 aliphatic heterocycles. The molecule has 2 N–H and O–H groups in total. The summed E-state index contributed by atoms with van der Waals surface area (Å²) in [7, 11) is 0. The van der Waals surface area contributed by atoms with Gasteiger partial charge in [0, 0.05) is 18.7 Å². The van der Waals surface area contributed by atoms with Crippen molar-refractivity contribution in [3.8, 4) is 11.8 Å². The van der Waals surface area contributed by atoms with Crippen LogP contribution in [-0.4, -0.2) is 43.2 Å². The molecule has 1 fully saturated rings. The maximum Gasteiger partial charge on any atom is 0.254 e. The van der Waals surface area contributed by atoms with Crippen LogP contribution in [0, 0.1) is 17.7 Å². The molecule has 1 aliphatic rings. The molecule has 0 spiro atoms. The summed E-state index contributed by atoms with van der Waals surface area (Å²) in [6, 6.07) is 4.32. The molecular weight excluding hydrogens is 259 g/mol. The maximum atomic E-state index is 13.8. The minimum Gasteiger partial charge on any atom is -0.375 e. The highest BCUT2D eigenvalue weighted by Gasteiger charge is 2.22. The van der Waals surface area contributed by atoms with Gasteiger partial charge in [-0.25, -0.2) is 4.39 Å². The Bertz CT molecular complexity index is 563. The van der Waals surface area contributed by atoms with Crippen molar-refractivity contribution in [3.63, 3.8) is 0 Å². The molecule has 1 atom stereocenters. The zero-order valence-corrected chi connectivity index (χ0v) is 11.4. The number of hydrogen-bond acceptors (Lipinski definition) is 3. The summed E-state index contributed by atoms with van der Waals surface area (Å²) < 4.78 is 19.2. The molecule has 1 unspecified atom stereocenters. The Kier molecular flexibility index (Phi) is 4.72. The number of hydrogen-bond donors (Lipinski definition) is 1. The van der Waals surface area contributed by atoms with Crippen LogP contribution in [0.5, 0.6) is 0 Å². The SMILES string of the molecule is CC1CN(C(=O)c2ccc(C#CCN)c(F)c2)CCO1. The van der Waals surface area contributed by atoms with Crippen LogP contribution in [0.3, 0.4) is 0 Å². The first-order valence-corrected chi connectivity index (χ1v) is 6.51. The third-order valence-electron chi connectivity index (χ3n) is 3.07. The number of nitrogens with two attached hydrogens (primary N) is 1. The highest BCUT2D eigenvalue weighted by molar-refractivity contribution is 5.94. The van der Waals surface area contributed by atoms with Crippen molar-refractivity contribution < 1.29 is 13.9 Å². The Morgan fingerprint density at radius 3 is 3.05 bits per heavy atom. The van der Waals surface area contributed by atoms with Gasteiger partial charge >= 0.3 is 0 Å². The van der Waals surface area contributed by atoms with Gasteiger partial charge in [0.2, 0.25) is 0 Å². The van der Waals surface area contributed by atoms with Crippen molar-refractivity contribution in [1.82, 2.24) is 4.90 Å². The van der Waals surface area contributed by atoms with Crippen LogP contribution in [0.25, 0.3) is 0 Å². The van der Waals surface area contributed by atoms with Gasteiger partial charge in [-0.1, -0.05) is 11.8 Å². The average Bonchev–Trinajstić information content (AvgIpc) is 2.45. The zero-order valence-electron chi connectivity index (χ0n) is 11.4. The summed E-state index contributed by atoms with van der Waals surface area (Å²) in [6.07, 6.45) is 0.00670. The number of rotatable bonds is 1. The lowest BCUT2D eigenvalue weighted by molar-refractivity contribution is -0.0124. The third kappa shape index (κ3) is 3.35. The van der Waals surface area contributed by atoms with Gasteiger partial charge in [0.15, 0.2) is 0 Å². The molecule has 0 bridgehead atoms. The molecule has 0 aliphatic carbocycles. The van der Waals surface area contributed by atoms with E-state index in [1.54, 1.807) is 11.0 Å². The lowest BCUT2D eigenvalue weighted by Crippen LogP contribution is -2.44. The molecule has 4 nitrogen and oxygen atoms in total. The maximum absolute atomic E-state index is 13.8. The van der Waals surface area contributed by atoms with Crippen LogP contribution >= 0.6 is 0 Å². The Morgan fingerprint density at radius 2 is 2.40 bits per heavy atom. The van der Waals surface area contributed by atoms with Crippen molar-refractivity contribution in [1.29, 1.82) is 0 Å². The predicted molar refractivity (Wildman–Crippen MR) is 73.6 cm³/mol. The van der Waals surface area contributed by atoms with E-state index in [-0.39, 0.29) is 24.1 Å². The molecule has 1 aromatic carbocycles. The van der Waals surface area contributed by atoms with Crippen molar-refractivity contribution in [2.24, 2.45) is 5.73 Å². The van der Waals surface area contributed by atoms with E-state index in [2.05, 4.69) is 11.8 Å². The number of halogens is 1. The van der Waals surface area contributed by atoms with E-state index in [0.717, 1.165) is 0 Å². The first-order chi connectivity index (χ1) is 9.61. The van der Waals surface area contributed by atoms with Crippen molar-refractivity contribution in [3.05, 3.63) is 35.1 Å². The van der Waals surface area contributed by atoms with E-state index in [1.807, 2.05) is 6.92 Å². The fourth-order valence-electron chi connectivity index (χ4n) is 2.08. The number of morpholine rings is 1. The number of carbonyl (C=O) groups is 1. The molecule has 5 heteroatoms. The highest BCUT2D eigenvalue weighted by atomic mass is 19.1. The second-order valence-corrected chi connectivity index (χ2v) is 4.63. The molecule has 106 valence electrons. The Labute approximate surface area is 117 Å². The van der Waals surface area contributed by atoms with Gasteiger partial charge in [0.1, 0.15) is 5.82 Å². The number of ether oxygens (including phenoxy) is 1. The number of benzene rings is 1. The molecule has 0 aromatic heterocycles. The van der Waals surface area contributed by atoms with E-state index in [0.29, 0.717) is 25.3 Å². The van der Waals surface area contributed by atoms with Crippen molar-refractivity contribution >= 4 is 5.91 Å². The second-order valence-electron chi connectivity index (χ2n) is 4.63. The molecule has 1 amide bonds. The fourth-order valence-corrected chi connectivity index (χ4v) is 2.08. The smallest absolute Gasteiger partial charge is 0.254 e. The summed E-state index contributed by atoms with van der Waals surface area (Å²) in [4.78, 5) is 13.9. The van der Waals surface area contributed by atoms with Gasteiger partial charge in [-0.05, 0) is 25.1 Å². The molecule has 20 heavy (non-hydrogen) atoms. The molecule has 1 aromatic rings. The van der Waals surface area contributed by atoms with Crippen molar-refractivity contribution in [2.45, 2.75) is 13.0 Å². The van der Waals surface area contributed by atoms with Gasteiger partial charge in [0.05, 0.1) is 24.8 Å². The van der Waals surface area contributed by atoms with Gasteiger partial charge < -0.3 is 15.4 Å². The molecule has 0 radical (unpaired) electrons. The minimum absolute atomic E-state index is 0.00670. The first kappa shape index (κ1) is 14.5. The summed E-state index contributed by atoms with van der Waals surface area (Å²) in [5.74, 6) is 4.53. The van der Waals surface area contributed by atoms with E-state index < -0.39 is 5.82 Å². The van der Waals surface area contributed by atoms with Crippen LogP contribution in [0.1, 0.15) is 22.8 Å². The highest BCUT2D eigenvalue weighted by Crippen LogP contribution is 2.14. The molecular formula is C15H17FN2O2. The summed E-state index contributed by atoms with van der Waals surface area (Å²) in [5.41, 5.74) is 5.83. The topological polar surface area (TPSA) is 55.6 Å². The molecule has 1 saturated heterocycles. The third-order valence-corrected chi connectivity index (χ3v) is 3.07. The Balaban J connectivity index is 2.16. The monoisotopic (exact) mass is 276 g/mol. The lowest BCUT2D eigenvalue weighted by atomic mass is 10.1. The van der Waals surface area contributed by atoms with Gasteiger partial charge in [0.25, 0.3) is 5.91 Å². The second kappa shape index (κ2) is 6.51. The predicted octanol–water partition coefficient (Wildman–Crippen LogP) is 0.997. The fraction of sp³-hybridized carbons (Fsp3) is 0.400. The molecule has 1 heterocycles. The first-order valence-electron chi connectivity index (χ1n) is 6.51. The summed E-state index contributed by atoms with van der Waals surface area (Å²) in [5, 5.41) is 0. The van der Waals surface area contributed by atoms with Gasteiger partial charge in [-0.2, -0.15) is 0 Å². The standard InChI is InChI=1S/C15H17FN2O2/c1-11-10-18(7-8-20-11)15(19)13-5-4-12(3-2-6-17)14(16)9-13/h4-5,9,11H,6-8,10,17H2,1H3. The molecule has 2 rings (SSSR count). The largest absolute Gasteiger partial charge is 0.375 e. The summed E-state index contributed by atoms with van der Waals surface area (Å²) >= 11 is 0. The molecule has 0 saturated carbocycles. The van der Waals surface area contributed by atoms with Gasteiger partial charge in [-0.3, -0.25) is 4.79 Å². The summed E-state index contributed by atoms with van der Waals surface area (Å²) in [6.45, 7) is 3.64. The van der Waals surface area contributed by atoms with Crippen LogP contribution in [0.15, 0.2) is 18.2 Å². The Morgan fingerprint density at radius 1 is 1.60 bits per heavy atom. The van der Waals surface area contributed by atoms with E-state index in [9.17, 15) is 9.18 Å².